The van der Waals surface area contributed by atoms with E-state index in [9.17, 15) is 18.0 Å². The van der Waals surface area contributed by atoms with Gasteiger partial charge in [-0.3, -0.25) is 4.79 Å². The summed E-state index contributed by atoms with van der Waals surface area (Å²) in [5.41, 5.74) is 0.910. The molecule has 0 aliphatic heterocycles. The molecular formula is C19H21F3N2O2. The minimum absolute atomic E-state index is 0.118. The molecule has 0 bridgehead atoms. The first-order chi connectivity index (χ1) is 12.4. The van der Waals surface area contributed by atoms with E-state index in [1.165, 1.54) is 12.1 Å². The Morgan fingerprint density at radius 3 is 2.46 bits per heavy atom. The molecule has 0 saturated heterocycles. The highest BCUT2D eigenvalue weighted by molar-refractivity contribution is 5.76. The quantitative estimate of drug-likeness (QED) is 0.746. The molecule has 1 amide bonds. The van der Waals surface area contributed by atoms with Crippen LogP contribution in [-0.4, -0.2) is 26.1 Å². The van der Waals surface area contributed by atoms with Crippen LogP contribution in [-0.2, 0) is 17.4 Å². The Morgan fingerprint density at radius 1 is 1.08 bits per heavy atom. The van der Waals surface area contributed by atoms with Crippen LogP contribution >= 0.6 is 0 Å². The van der Waals surface area contributed by atoms with Gasteiger partial charge in [0.1, 0.15) is 5.75 Å². The lowest BCUT2D eigenvalue weighted by atomic mass is 10.1. The Kier molecular flexibility index (Phi) is 6.89. The molecule has 4 nitrogen and oxygen atoms in total. The molecule has 0 fully saturated rings. The molecule has 2 N–H and O–H groups in total. The number of alkyl halides is 3. The zero-order valence-corrected chi connectivity index (χ0v) is 14.4. The van der Waals surface area contributed by atoms with Gasteiger partial charge >= 0.3 is 6.18 Å². The van der Waals surface area contributed by atoms with Crippen LogP contribution in [0, 0.1) is 0 Å². The third kappa shape index (κ3) is 6.31. The number of benzene rings is 2. The van der Waals surface area contributed by atoms with Crippen LogP contribution in [0.4, 0.5) is 18.9 Å². The summed E-state index contributed by atoms with van der Waals surface area (Å²) in [4.78, 5) is 11.8. The number of anilines is 1. The van der Waals surface area contributed by atoms with Gasteiger partial charge in [0.05, 0.1) is 12.7 Å². The second kappa shape index (κ2) is 9.12. The second-order valence-corrected chi connectivity index (χ2v) is 5.70. The van der Waals surface area contributed by atoms with Crippen LogP contribution in [0.1, 0.15) is 17.5 Å². The van der Waals surface area contributed by atoms with Gasteiger partial charge in [0.15, 0.2) is 0 Å². The molecule has 2 aromatic rings. The molecule has 0 aliphatic rings. The number of hydrogen-bond acceptors (Lipinski definition) is 3. The standard InChI is InChI=1S/C19H21F3N2O2/c1-26-17-4-2-3-14(13-17)9-11-24-18(25)10-12-23-16-7-5-15(6-8-16)19(20,21)22/h2-8,13,23H,9-12H2,1H3,(H,24,25). The van der Waals surface area contributed by atoms with E-state index in [1.54, 1.807) is 7.11 Å². The van der Waals surface area contributed by atoms with E-state index in [-0.39, 0.29) is 12.3 Å². The van der Waals surface area contributed by atoms with Crippen molar-refractivity contribution in [1.82, 2.24) is 5.32 Å². The Morgan fingerprint density at radius 2 is 1.81 bits per heavy atom. The minimum Gasteiger partial charge on any atom is -0.497 e. The zero-order valence-electron chi connectivity index (χ0n) is 14.4. The lowest BCUT2D eigenvalue weighted by Gasteiger charge is -2.10. The third-order valence-electron chi connectivity index (χ3n) is 3.76. The van der Waals surface area contributed by atoms with Crippen molar-refractivity contribution in [2.24, 2.45) is 0 Å². The Labute approximate surface area is 150 Å². The summed E-state index contributed by atoms with van der Waals surface area (Å²) in [6.07, 6.45) is -3.42. The smallest absolute Gasteiger partial charge is 0.416 e. The van der Waals surface area contributed by atoms with Crippen LogP contribution in [0.15, 0.2) is 48.5 Å². The lowest BCUT2D eigenvalue weighted by molar-refractivity contribution is -0.137. The van der Waals surface area contributed by atoms with Crippen molar-refractivity contribution >= 4 is 11.6 Å². The van der Waals surface area contributed by atoms with Gasteiger partial charge in [-0.15, -0.1) is 0 Å². The number of halogens is 3. The van der Waals surface area contributed by atoms with Gasteiger partial charge in [0.2, 0.25) is 5.91 Å². The van der Waals surface area contributed by atoms with Crippen molar-refractivity contribution in [3.63, 3.8) is 0 Å². The van der Waals surface area contributed by atoms with Crippen LogP contribution in [0.25, 0.3) is 0 Å². The fraction of sp³-hybridized carbons (Fsp3) is 0.316. The van der Waals surface area contributed by atoms with Gasteiger partial charge in [0.25, 0.3) is 0 Å². The molecule has 140 valence electrons. The zero-order chi connectivity index (χ0) is 19.0. The molecule has 0 aliphatic carbocycles. The number of methoxy groups -OCH3 is 1. The van der Waals surface area contributed by atoms with Crippen molar-refractivity contribution in [1.29, 1.82) is 0 Å². The molecule has 0 atom stereocenters. The summed E-state index contributed by atoms with van der Waals surface area (Å²) < 4.78 is 42.6. The number of rotatable bonds is 8. The van der Waals surface area contributed by atoms with Crippen molar-refractivity contribution in [2.45, 2.75) is 19.0 Å². The largest absolute Gasteiger partial charge is 0.497 e. The Hall–Kier alpha value is -2.70. The van der Waals surface area contributed by atoms with E-state index >= 15 is 0 Å². The fourth-order valence-corrected chi connectivity index (χ4v) is 2.36. The number of nitrogens with one attached hydrogen (secondary N) is 2. The summed E-state index contributed by atoms with van der Waals surface area (Å²) in [7, 11) is 1.60. The third-order valence-corrected chi connectivity index (χ3v) is 3.76. The van der Waals surface area contributed by atoms with Crippen molar-refractivity contribution in [3.8, 4) is 5.75 Å². The molecule has 2 rings (SSSR count). The Bertz CT molecular complexity index is 715. The molecule has 7 heteroatoms. The van der Waals surface area contributed by atoms with Crippen molar-refractivity contribution in [2.75, 3.05) is 25.5 Å². The Balaban J connectivity index is 1.67. The maximum absolute atomic E-state index is 12.5. The molecule has 26 heavy (non-hydrogen) atoms. The van der Waals surface area contributed by atoms with Crippen molar-refractivity contribution in [3.05, 3.63) is 59.7 Å². The van der Waals surface area contributed by atoms with E-state index in [2.05, 4.69) is 10.6 Å². The molecule has 0 radical (unpaired) electrons. The summed E-state index contributed by atoms with van der Waals surface area (Å²) in [6.45, 7) is 0.850. The van der Waals surface area contributed by atoms with Gasteiger partial charge in [-0.2, -0.15) is 13.2 Å². The maximum Gasteiger partial charge on any atom is 0.416 e. The molecule has 0 unspecified atom stereocenters. The SMILES string of the molecule is COc1cccc(CCNC(=O)CCNc2ccc(C(F)(F)F)cc2)c1. The van der Waals surface area contributed by atoms with Gasteiger partial charge < -0.3 is 15.4 Å². The average molecular weight is 366 g/mol. The predicted octanol–water partition coefficient (Wildman–Crippen LogP) is 3.87. The topological polar surface area (TPSA) is 50.4 Å². The molecule has 0 saturated carbocycles. The number of carbonyl (C=O) groups excluding carboxylic acids is 1. The van der Waals surface area contributed by atoms with Gasteiger partial charge in [-0.05, 0) is 48.4 Å². The number of carbonyl (C=O) groups is 1. The first-order valence-corrected chi connectivity index (χ1v) is 8.19. The number of hydrogen-bond donors (Lipinski definition) is 2. The van der Waals surface area contributed by atoms with Gasteiger partial charge in [-0.1, -0.05) is 12.1 Å². The minimum atomic E-state index is -4.35. The highest BCUT2D eigenvalue weighted by atomic mass is 19.4. The summed E-state index contributed by atoms with van der Waals surface area (Å²) >= 11 is 0. The average Bonchev–Trinajstić information content (AvgIpc) is 2.61. The molecule has 0 aromatic heterocycles. The first-order valence-electron chi connectivity index (χ1n) is 8.19. The molecular weight excluding hydrogens is 345 g/mol. The first kappa shape index (κ1) is 19.6. The summed E-state index contributed by atoms with van der Waals surface area (Å²) in [6, 6.07) is 12.3. The summed E-state index contributed by atoms with van der Waals surface area (Å²) in [5.74, 6) is 0.655. The van der Waals surface area contributed by atoms with Crippen LogP contribution in [0.3, 0.4) is 0 Å². The van der Waals surface area contributed by atoms with E-state index in [4.69, 9.17) is 4.74 Å². The van der Waals surface area contributed by atoms with Gasteiger partial charge in [-0.25, -0.2) is 0 Å². The predicted molar refractivity (Wildman–Crippen MR) is 94.3 cm³/mol. The highest BCUT2D eigenvalue weighted by Crippen LogP contribution is 2.29. The van der Waals surface area contributed by atoms with Crippen molar-refractivity contribution < 1.29 is 22.7 Å². The van der Waals surface area contributed by atoms with Gasteiger partial charge in [0, 0.05) is 25.2 Å². The monoisotopic (exact) mass is 366 g/mol. The fourth-order valence-electron chi connectivity index (χ4n) is 2.36. The normalized spacial score (nSPS) is 11.1. The molecule has 0 spiro atoms. The highest BCUT2D eigenvalue weighted by Gasteiger charge is 2.29. The van der Waals surface area contributed by atoms with E-state index in [1.807, 2.05) is 24.3 Å². The van der Waals surface area contributed by atoms with E-state index in [0.717, 1.165) is 23.4 Å². The molecule has 2 aromatic carbocycles. The molecule has 0 heterocycles. The van der Waals surface area contributed by atoms with Crippen LogP contribution in [0.2, 0.25) is 0 Å². The maximum atomic E-state index is 12.5. The van der Waals surface area contributed by atoms with Crippen LogP contribution in [0.5, 0.6) is 5.75 Å². The van der Waals surface area contributed by atoms with E-state index in [0.29, 0.717) is 25.2 Å². The van der Waals surface area contributed by atoms with E-state index < -0.39 is 11.7 Å². The lowest BCUT2D eigenvalue weighted by Crippen LogP contribution is -2.27. The number of ether oxygens (including phenoxy) is 1. The number of amides is 1. The van der Waals surface area contributed by atoms with Crippen LogP contribution < -0.4 is 15.4 Å². The summed E-state index contributed by atoms with van der Waals surface area (Å²) in [5, 5.41) is 5.75. The second-order valence-electron chi connectivity index (χ2n) is 5.70.